The van der Waals surface area contributed by atoms with Crippen molar-refractivity contribution in [1.82, 2.24) is 10.2 Å². The number of nitrogens with one attached hydrogen (secondary N) is 1. The fraction of sp³-hybridized carbons (Fsp3) is 0.600. The Bertz CT molecular complexity index is 405. The maximum Gasteiger partial charge on any atom is 0.146 e. The lowest BCUT2D eigenvalue weighted by Gasteiger charge is -2.24. The highest BCUT2D eigenvalue weighted by atomic mass is 35.5. The highest BCUT2D eigenvalue weighted by Gasteiger charge is 2.18. The van der Waals surface area contributed by atoms with Crippen LogP contribution < -0.4 is 5.32 Å². The molecule has 1 aromatic carbocycles. The molecular formula is C15H22ClFN2. The van der Waals surface area contributed by atoms with Crippen molar-refractivity contribution >= 4 is 11.6 Å². The zero-order chi connectivity index (χ0) is 13.7. The Hall–Kier alpha value is -0.640. The summed E-state index contributed by atoms with van der Waals surface area (Å²) in [6.07, 6.45) is 5.35. The predicted molar refractivity (Wildman–Crippen MR) is 78.0 cm³/mol. The van der Waals surface area contributed by atoms with Gasteiger partial charge in [0.15, 0.2) is 0 Å². The molecule has 0 atom stereocenters. The smallest absolute Gasteiger partial charge is 0.146 e. The van der Waals surface area contributed by atoms with E-state index in [0.717, 1.165) is 19.1 Å². The zero-order valence-corrected chi connectivity index (χ0v) is 12.2. The van der Waals surface area contributed by atoms with Crippen molar-refractivity contribution < 1.29 is 4.39 Å². The first-order valence-electron chi connectivity index (χ1n) is 7.02. The molecule has 0 saturated heterocycles. The summed E-state index contributed by atoms with van der Waals surface area (Å²) >= 11 is 5.75. The van der Waals surface area contributed by atoms with E-state index >= 15 is 0 Å². The van der Waals surface area contributed by atoms with Gasteiger partial charge in [0.1, 0.15) is 5.82 Å². The van der Waals surface area contributed by atoms with Crippen LogP contribution in [-0.4, -0.2) is 31.1 Å². The van der Waals surface area contributed by atoms with Gasteiger partial charge in [-0.15, -0.1) is 0 Å². The van der Waals surface area contributed by atoms with Gasteiger partial charge >= 0.3 is 0 Å². The van der Waals surface area contributed by atoms with Crippen molar-refractivity contribution in [3.05, 3.63) is 34.6 Å². The summed E-state index contributed by atoms with van der Waals surface area (Å²) in [5, 5.41) is 3.48. The molecule has 0 aromatic heterocycles. The van der Waals surface area contributed by atoms with E-state index in [2.05, 4.69) is 17.3 Å². The third-order valence-corrected chi connectivity index (χ3v) is 4.23. The molecule has 2 nitrogen and oxygen atoms in total. The van der Waals surface area contributed by atoms with Gasteiger partial charge < -0.3 is 10.2 Å². The van der Waals surface area contributed by atoms with Crippen LogP contribution in [-0.2, 0) is 6.54 Å². The van der Waals surface area contributed by atoms with Gasteiger partial charge in [0.25, 0.3) is 0 Å². The van der Waals surface area contributed by atoms with Gasteiger partial charge in [-0.05, 0) is 26.0 Å². The summed E-state index contributed by atoms with van der Waals surface area (Å²) in [4.78, 5) is 2.41. The summed E-state index contributed by atoms with van der Waals surface area (Å²) < 4.78 is 13.7. The monoisotopic (exact) mass is 284 g/mol. The minimum Gasteiger partial charge on any atom is -0.311 e. The molecule has 1 aliphatic rings. The molecule has 1 aliphatic carbocycles. The normalized spacial score (nSPS) is 16.4. The highest BCUT2D eigenvalue weighted by Crippen LogP contribution is 2.22. The van der Waals surface area contributed by atoms with Crippen LogP contribution >= 0.6 is 11.6 Å². The molecule has 2 rings (SSSR count). The van der Waals surface area contributed by atoms with Gasteiger partial charge in [0.05, 0.1) is 5.02 Å². The number of hydrogen-bond donors (Lipinski definition) is 1. The molecule has 1 fully saturated rings. The van der Waals surface area contributed by atoms with Crippen LogP contribution in [0.15, 0.2) is 18.2 Å². The fourth-order valence-corrected chi connectivity index (χ4v) is 2.89. The summed E-state index contributed by atoms with van der Waals surface area (Å²) in [6.45, 7) is 2.41. The minimum absolute atomic E-state index is 0.197. The highest BCUT2D eigenvalue weighted by molar-refractivity contribution is 6.30. The van der Waals surface area contributed by atoms with E-state index in [-0.39, 0.29) is 10.8 Å². The molecule has 0 heterocycles. The second-order valence-corrected chi connectivity index (χ2v) is 5.72. The molecule has 0 bridgehead atoms. The molecular weight excluding hydrogens is 263 g/mol. The molecule has 1 N–H and O–H groups in total. The molecule has 0 amide bonds. The van der Waals surface area contributed by atoms with Crippen molar-refractivity contribution in [2.24, 2.45) is 0 Å². The number of halogens is 2. The van der Waals surface area contributed by atoms with Gasteiger partial charge in [-0.2, -0.15) is 0 Å². The second kappa shape index (κ2) is 7.22. The number of benzene rings is 1. The van der Waals surface area contributed by atoms with Crippen LogP contribution in [0.2, 0.25) is 5.02 Å². The lowest BCUT2D eigenvalue weighted by atomic mass is 10.2. The zero-order valence-electron chi connectivity index (χ0n) is 11.5. The van der Waals surface area contributed by atoms with E-state index in [1.54, 1.807) is 18.2 Å². The quantitative estimate of drug-likeness (QED) is 0.805. The van der Waals surface area contributed by atoms with E-state index in [0.29, 0.717) is 12.1 Å². The first-order chi connectivity index (χ1) is 9.18. The molecule has 0 unspecified atom stereocenters. The van der Waals surface area contributed by atoms with E-state index in [1.807, 2.05) is 0 Å². The van der Waals surface area contributed by atoms with E-state index < -0.39 is 0 Å². The van der Waals surface area contributed by atoms with E-state index in [4.69, 9.17) is 11.6 Å². The van der Waals surface area contributed by atoms with Gasteiger partial charge in [0.2, 0.25) is 0 Å². The minimum atomic E-state index is -0.305. The second-order valence-electron chi connectivity index (χ2n) is 5.31. The average molecular weight is 285 g/mol. The maximum atomic E-state index is 13.7. The van der Waals surface area contributed by atoms with Gasteiger partial charge in [-0.3, -0.25) is 0 Å². The predicted octanol–water partition coefficient (Wildman–Crippen LogP) is 3.44. The van der Waals surface area contributed by atoms with Crippen LogP contribution in [0.4, 0.5) is 4.39 Å². The molecule has 0 radical (unpaired) electrons. The van der Waals surface area contributed by atoms with Crippen LogP contribution in [0.5, 0.6) is 0 Å². The Morgan fingerprint density at radius 3 is 2.84 bits per heavy atom. The van der Waals surface area contributed by atoms with E-state index in [1.165, 1.54) is 25.7 Å². The standard InChI is InChI=1S/C15H22ClFN2/c1-19(13-6-2-3-7-13)10-9-18-11-12-5-4-8-14(16)15(12)17/h4-5,8,13,18H,2-3,6-7,9-11H2,1H3. The van der Waals surface area contributed by atoms with Crippen LogP contribution in [0.3, 0.4) is 0 Å². The summed E-state index contributed by atoms with van der Waals surface area (Å²) in [7, 11) is 2.18. The molecule has 1 saturated carbocycles. The Labute approximate surface area is 119 Å². The van der Waals surface area contributed by atoms with Crippen LogP contribution in [0.25, 0.3) is 0 Å². The Balaban J connectivity index is 1.70. The number of rotatable bonds is 6. The van der Waals surface area contributed by atoms with Gasteiger partial charge in [0, 0.05) is 31.2 Å². The van der Waals surface area contributed by atoms with Crippen molar-refractivity contribution in [1.29, 1.82) is 0 Å². The Kier molecular flexibility index (Phi) is 5.61. The van der Waals surface area contributed by atoms with E-state index in [9.17, 15) is 4.39 Å². The lowest BCUT2D eigenvalue weighted by Crippen LogP contribution is -2.35. The Morgan fingerprint density at radius 1 is 1.37 bits per heavy atom. The lowest BCUT2D eigenvalue weighted by molar-refractivity contribution is 0.245. The van der Waals surface area contributed by atoms with Gasteiger partial charge in [-0.1, -0.05) is 36.6 Å². The first-order valence-corrected chi connectivity index (χ1v) is 7.40. The summed E-state index contributed by atoms with van der Waals surface area (Å²) in [5.74, 6) is -0.305. The molecule has 1 aromatic rings. The van der Waals surface area contributed by atoms with Gasteiger partial charge in [-0.25, -0.2) is 4.39 Å². The molecule has 0 spiro atoms. The van der Waals surface area contributed by atoms with Crippen LogP contribution in [0.1, 0.15) is 31.2 Å². The molecule has 106 valence electrons. The SMILES string of the molecule is CN(CCNCc1cccc(Cl)c1F)C1CCCC1. The number of nitrogens with zero attached hydrogens (tertiary/aromatic N) is 1. The van der Waals surface area contributed by atoms with Crippen molar-refractivity contribution in [2.45, 2.75) is 38.3 Å². The van der Waals surface area contributed by atoms with Crippen molar-refractivity contribution in [3.63, 3.8) is 0 Å². The van der Waals surface area contributed by atoms with Crippen LogP contribution in [0, 0.1) is 5.82 Å². The fourth-order valence-electron chi connectivity index (χ4n) is 2.69. The first kappa shape index (κ1) is 14.8. The number of likely N-dealkylation sites (N-methyl/N-ethyl adjacent to an activating group) is 1. The van der Waals surface area contributed by atoms with Crippen molar-refractivity contribution in [2.75, 3.05) is 20.1 Å². The largest absolute Gasteiger partial charge is 0.311 e. The molecule has 4 heteroatoms. The Morgan fingerprint density at radius 2 is 2.11 bits per heavy atom. The number of hydrogen-bond acceptors (Lipinski definition) is 2. The average Bonchev–Trinajstić information content (AvgIpc) is 2.93. The van der Waals surface area contributed by atoms with Crippen molar-refractivity contribution in [3.8, 4) is 0 Å². The molecule has 19 heavy (non-hydrogen) atoms. The third kappa shape index (κ3) is 4.16. The molecule has 0 aliphatic heterocycles. The summed E-state index contributed by atoms with van der Waals surface area (Å²) in [5.41, 5.74) is 0.635. The summed E-state index contributed by atoms with van der Waals surface area (Å²) in [6, 6.07) is 5.88. The third-order valence-electron chi connectivity index (χ3n) is 3.94. The topological polar surface area (TPSA) is 15.3 Å². The maximum absolute atomic E-state index is 13.7.